The molecule has 0 heterocycles. The van der Waals surface area contributed by atoms with E-state index in [0.29, 0.717) is 0 Å². The fourth-order valence-corrected chi connectivity index (χ4v) is 0.811. The summed E-state index contributed by atoms with van der Waals surface area (Å²) in [5.74, 6) is 0. The van der Waals surface area contributed by atoms with Crippen molar-refractivity contribution in [2.45, 2.75) is 12.3 Å². The average Bonchev–Trinajstić information content (AvgIpc) is 2.03. The van der Waals surface area contributed by atoms with E-state index in [1.54, 1.807) is 0 Å². The Kier molecular flexibility index (Phi) is 2.35. The molecule has 0 spiro atoms. The van der Waals surface area contributed by atoms with Crippen LogP contribution < -0.4 is 0 Å². The van der Waals surface area contributed by atoms with Gasteiger partial charge in [-0.15, -0.1) is 0 Å². The molecule has 0 amide bonds. The maximum absolute atomic E-state index is 12.5. The summed E-state index contributed by atoms with van der Waals surface area (Å²) in [4.78, 5) is 0. The van der Waals surface area contributed by atoms with Gasteiger partial charge in [-0.2, -0.15) is 13.2 Å². The Hall–Kier alpha value is -1.06. The van der Waals surface area contributed by atoms with Crippen LogP contribution in [0.15, 0.2) is 30.3 Å². The van der Waals surface area contributed by atoms with Crippen molar-refractivity contribution in [1.82, 2.24) is 0 Å². The van der Waals surface area contributed by atoms with Crippen LogP contribution in [-0.4, -0.2) is 6.18 Å². The minimum absolute atomic E-state index is 0.356. The highest BCUT2D eigenvalue weighted by Crippen LogP contribution is 2.35. The molecule has 0 aromatic heterocycles. The van der Waals surface area contributed by atoms with E-state index in [4.69, 9.17) is 0 Å². The molecule has 0 unspecified atom stereocenters. The number of benzene rings is 1. The molecule has 0 nitrogen and oxygen atoms in total. The van der Waals surface area contributed by atoms with E-state index < -0.39 is 12.3 Å². The highest BCUT2D eigenvalue weighted by atomic mass is 19.4. The third-order valence-corrected chi connectivity index (χ3v) is 1.38. The third-order valence-electron chi connectivity index (χ3n) is 1.38. The summed E-state index contributed by atoms with van der Waals surface area (Å²) in [7, 11) is 0. The van der Waals surface area contributed by atoms with Gasteiger partial charge in [-0.3, -0.25) is 0 Å². The van der Waals surface area contributed by atoms with Crippen molar-refractivity contribution in [3.05, 3.63) is 35.9 Å². The zero-order valence-electron chi connectivity index (χ0n) is 5.98. The second-order valence-corrected chi connectivity index (χ2v) is 2.31. The summed E-state index contributed by atoms with van der Waals surface area (Å²) in [6.45, 7) is 0. The van der Waals surface area contributed by atoms with Crippen molar-refractivity contribution in [2.24, 2.45) is 0 Å². The molecule has 1 atom stereocenters. The minimum atomic E-state index is -4.80. The normalized spacial score (nSPS) is 14.3. The highest BCUT2D eigenvalue weighted by molar-refractivity contribution is 5.18. The minimum Gasteiger partial charge on any atom is -0.232 e. The smallest absolute Gasteiger partial charge is 0.232 e. The fourth-order valence-electron chi connectivity index (χ4n) is 0.811. The first-order valence-electron chi connectivity index (χ1n) is 3.27. The SMILES string of the molecule is F[C@@H](c1ccccc1)C(F)(F)F. The molecule has 1 aromatic carbocycles. The average molecular weight is 178 g/mol. The second kappa shape index (κ2) is 3.13. The van der Waals surface area contributed by atoms with Crippen LogP contribution in [-0.2, 0) is 0 Å². The zero-order chi connectivity index (χ0) is 9.19. The van der Waals surface area contributed by atoms with Gasteiger partial charge in [0.1, 0.15) is 0 Å². The summed E-state index contributed by atoms with van der Waals surface area (Å²) < 4.78 is 47.8. The molecule has 0 saturated carbocycles. The summed E-state index contributed by atoms with van der Waals surface area (Å²) in [6.07, 6.45) is -7.68. The van der Waals surface area contributed by atoms with Crippen LogP contribution in [0.3, 0.4) is 0 Å². The van der Waals surface area contributed by atoms with Crippen LogP contribution in [0, 0.1) is 0 Å². The standard InChI is InChI=1S/C8H6F4/c9-7(8(10,11)12)6-4-2-1-3-5-6/h1-5,7H/t7-/m0/s1. The Bertz CT molecular complexity index is 239. The maximum atomic E-state index is 12.5. The van der Waals surface area contributed by atoms with Crippen LogP contribution in [0.1, 0.15) is 11.7 Å². The van der Waals surface area contributed by atoms with E-state index >= 15 is 0 Å². The lowest BCUT2D eigenvalue weighted by molar-refractivity contribution is -0.182. The molecule has 0 aliphatic carbocycles. The van der Waals surface area contributed by atoms with Gasteiger partial charge < -0.3 is 0 Å². The van der Waals surface area contributed by atoms with Crippen LogP contribution in [0.5, 0.6) is 0 Å². The molecule has 1 rings (SSSR count). The summed E-state index contributed by atoms with van der Waals surface area (Å²) in [6, 6.07) is 6.49. The van der Waals surface area contributed by atoms with Crippen molar-refractivity contribution in [1.29, 1.82) is 0 Å². The van der Waals surface area contributed by atoms with Gasteiger partial charge in [-0.05, 0) is 5.56 Å². The summed E-state index contributed by atoms with van der Waals surface area (Å²) >= 11 is 0. The first-order valence-corrected chi connectivity index (χ1v) is 3.27. The summed E-state index contributed by atoms with van der Waals surface area (Å²) in [5.41, 5.74) is -0.356. The van der Waals surface area contributed by atoms with Gasteiger partial charge in [0, 0.05) is 0 Å². The van der Waals surface area contributed by atoms with Crippen molar-refractivity contribution < 1.29 is 17.6 Å². The predicted octanol–water partition coefficient (Wildman–Crippen LogP) is 3.26. The van der Waals surface area contributed by atoms with Crippen LogP contribution in [0.25, 0.3) is 0 Å². The lowest BCUT2D eigenvalue weighted by Gasteiger charge is -2.11. The number of rotatable bonds is 1. The monoisotopic (exact) mass is 178 g/mol. The quantitative estimate of drug-likeness (QED) is 0.579. The molecule has 0 N–H and O–H groups in total. The van der Waals surface area contributed by atoms with Crippen molar-refractivity contribution >= 4 is 0 Å². The fraction of sp³-hybridized carbons (Fsp3) is 0.250. The maximum Gasteiger partial charge on any atom is 0.423 e. The van der Waals surface area contributed by atoms with E-state index in [2.05, 4.69) is 0 Å². The van der Waals surface area contributed by atoms with Crippen LogP contribution >= 0.6 is 0 Å². The molecular weight excluding hydrogens is 172 g/mol. The highest BCUT2D eigenvalue weighted by Gasteiger charge is 2.40. The van der Waals surface area contributed by atoms with Crippen LogP contribution in [0.2, 0.25) is 0 Å². The molecule has 0 bridgehead atoms. The van der Waals surface area contributed by atoms with E-state index in [-0.39, 0.29) is 5.56 Å². The van der Waals surface area contributed by atoms with Gasteiger partial charge in [-0.1, -0.05) is 30.3 Å². The van der Waals surface area contributed by atoms with E-state index in [1.165, 1.54) is 18.2 Å². The molecule has 0 saturated heterocycles. The molecular formula is C8H6F4. The molecule has 0 aliphatic heterocycles. The van der Waals surface area contributed by atoms with Gasteiger partial charge in [0.15, 0.2) is 0 Å². The molecule has 12 heavy (non-hydrogen) atoms. The van der Waals surface area contributed by atoms with Crippen molar-refractivity contribution in [3.63, 3.8) is 0 Å². The predicted molar refractivity (Wildman–Crippen MR) is 36.3 cm³/mol. The van der Waals surface area contributed by atoms with Gasteiger partial charge >= 0.3 is 6.18 Å². The Morgan fingerprint density at radius 1 is 1.00 bits per heavy atom. The number of alkyl halides is 4. The largest absolute Gasteiger partial charge is 0.423 e. The number of halogens is 4. The molecule has 0 radical (unpaired) electrons. The Morgan fingerprint density at radius 2 is 1.50 bits per heavy atom. The van der Waals surface area contributed by atoms with E-state index in [0.717, 1.165) is 12.1 Å². The molecule has 0 fully saturated rings. The van der Waals surface area contributed by atoms with Gasteiger partial charge in [0.25, 0.3) is 0 Å². The summed E-state index contributed by atoms with van der Waals surface area (Å²) in [5, 5.41) is 0. The number of hydrogen-bond acceptors (Lipinski definition) is 0. The zero-order valence-corrected chi connectivity index (χ0v) is 5.98. The van der Waals surface area contributed by atoms with Crippen LogP contribution in [0.4, 0.5) is 17.6 Å². The van der Waals surface area contributed by atoms with E-state index in [1.807, 2.05) is 0 Å². The number of hydrogen-bond donors (Lipinski definition) is 0. The Balaban J connectivity index is 2.86. The molecule has 1 aromatic rings. The van der Waals surface area contributed by atoms with Gasteiger partial charge in [0.2, 0.25) is 6.17 Å². The first kappa shape index (κ1) is 9.03. The molecule has 0 aliphatic rings. The van der Waals surface area contributed by atoms with Crippen molar-refractivity contribution in [2.75, 3.05) is 0 Å². The molecule has 4 heteroatoms. The van der Waals surface area contributed by atoms with Gasteiger partial charge in [0.05, 0.1) is 0 Å². The van der Waals surface area contributed by atoms with Gasteiger partial charge in [-0.25, -0.2) is 4.39 Å². The lowest BCUT2D eigenvalue weighted by Crippen LogP contribution is -2.16. The Morgan fingerprint density at radius 3 is 1.92 bits per heavy atom. The van der Waals surface area contributed by atoms with Crippen molar-refractivity contribution in [3.8, 4) is 0 Å². The topological polar surface area (TPSA) is 0 Å². The molecule has 66 valence electrons. The Labute approximate surface area is 66.8 Å². The third kappa shape index (κ3) is 1.96. The van der Waals surface area contributed by atoms with E-state index in [9.17, 15) is 17.6 Å². The first-order chi connectivity index (χ1) is 5.52. The second-order valence-electron chi connectivity index (χ2n) is 2.31. The lowest BCUT2D eigenvalue weighted by atomic mass is 10.1.